The fraction of sp³-hybridized carbons (Fsp3) is 0.455. The summed E-state index contributed by atoms with van der Waals surface area (Å²) in [4.78, 5) is 15.8. The zero-order valence-electron chi connectivity index (χ0n) is 8.96. The number of pyridine rings is 1. The fourth-order valence-electron chi connectivity index (χ4n) is 1.21. The molecule has 0 fully saturated rings. The first kappa shape index (κ1) is 12.0. The standard InChI is InChI=1S/C11H15ClN2O/c1-3-10(7-12)14-11(15)9-4-5-13-8(2)6-9/h4-6,10H,3,7H2,1-2H3,(H,14,15). The molecule has 0 bridgehead atoms. The number of hydrogen-bond acceptors (Lipinski definition) is 2. The highest BCUT2D eigenvalue weighted by Gasteiger charge is 2.10. The molecule has 0 aliphatic rings. The molecule has 1 N–H and O–H groups in total. The van der Waals surface area contributed by atoms with Gasteiger partial charge in [0.1, 0.15) is 0 Å². The number of alkyl halides is 1. The number of rotatable bonds is 4. The topological polar surface area (TPSA) is 42.0 Å². The van der Waals surface area contributed by atoms with Gasteiger partial charge < -0.3 is 5.32 Å². The molecule has 0 saturated carbocycles. The van der Waals surface area contributed by atoms with Crippen molar-refractivity contribution in [3.8, 4) is 0 Å². The van der Waals surface area contributed by atoms with Crippen molar-refractivity contribution in [1.29, 1.82) is 0 Å². The molecule has 1 unspecified atom stereocenters. The Morgan fingerprint density at radius 2 is 2.40 bits per heavy atom. The van der Waals surface area contributed by atoms with Crippen LogP contribution in [0.5, 0.6) is 0 Å². The van der Waals surface area contributed by atoms with Crippen LogP contribution in [0.3, 0.4) is 0 Å². The minimum Gasteiger partial charge on any atom is -0.348 e. The Hall–Kier alpha value is -1.09. The molecule has 0 spiro atoms. The third-order valence-electron chi connectivity index (χ3n) is 2.17. The molecule has 0 saturated heterocycles. The second kappa shape index (κ2) is 5.71. The first-order valence-corrected chi connectivity index (χ1v) is 5.50. The van der Waals surface area contributed by atoms with Gasteiger partial charge in [-0.05, 0) is 25.5 Å². The van der Waals surface area contributed by atoms with Gasteiger partial charge in [0.2, 0.25) is 0 Å². The van der Waals surface area contributed by atoms with Crippen molar-refractivity contribution in [2.75, 3.05) is 5.88 Å². The highest BCUT2D eigenvalue weighted by Crippen LogP contribution is 2.02. The lowest BCUT2D eigenvalue weighted by molar-refractivity contribution is 0.0939. The van der Waals surface area contributed by atoms with Gasteiger partial charge in [-0.25, -0.2) is 0 Å². The predicted octanol–water partition coefficient (Wildman–Crippen LogP) is 2.14. The molecule has 1 atom stereocenters. The van der Waals surface area contributed by atoms with Crippen molar-refractivity contribution in [2.45, 2.75) is 26.3 Å². The van der Waals surface area contributed by atoms with Crippen LogP contribution in [0.2, 0.25) is 0 Å². The number of amides is 1. The van der Waals surface area contributed by atoms with Crippen molar-refractivity contribution >= 4 is 17.5 Å². The highest BCUT2D eigenvalue weighted by atomic mass is 35.5. The second-order valence-corrected chi connectivity index (χ2v) is 3.73. The minimum absolute atomic E-state index is 0.0349. The van der Waals surface area contributed by atoms with E-state index in [1.807, 2.05) is 13.8 Å². The van der Waals surface area contributed by atoms with Gasteiger partial charge in [-0.2, -0.15) is 0 Å². The van der Waals surface area contributed by atoms with Crippen LogP contribution < -0.4 is 5.32 Å². The molecule has 1 heterocycles. The third kappa shape index (κ3) is 3.51. The van der Waals surface area contributed by atoms with E-state index in [0.717, 1.165) is 12.1 Å². The van der Waals surface area contributed by atoms with Crippen LogP contribution in [0.15, 0.2) is 18.3 Å². The molecule has 1 aromatic heterocycles. The molecule has 1 aromatic rings. The maximum Gasteiger partial charge on any atom is 0.251 e. The van der Waals surface area contributed by atoms with E-state index < -0.39 is 0 Å². The molecular weight excluding hydrogens is 212 g/mol. The van der Waals surface area contributed by atoms with Crippen LogP contribution in [0.25, 0.3) is 0 Å². The average Bonchev–Trinajstić information content (AvgIpc) is 2.25. The molecule has 15 heavy (non-hydrogen) atoms. The van der Waals surface area contributed by atoms with E-state index >= 15 is 0 Å². The normalized spacial score (nSPS) is 12.2. The number of nitrogens with one attached hydrogen (secondary N) is 1. The van der Waals surface area contributed by atoms with Gasteiger partial charge >= 0.3 is 0 Å². The molecule has 82 valence electrons. The van der Waals surface area contributed by atoms with Gasteiger partial charge in [0.15, 0.2) is 0 Å². The molecule has 0 aliphatic carbocycles. The summed E-state index contributed by atoms with van der Waals surface area (Å²) in [7, 11) is 0. The molecule has 4 heteroatoms. The first-order valence-electron chi connectivity index (χ1n) is 4.96. The SMILES string of the molecule is CCC(CCl)NC(=O)c1ccnc(C)c1. The number of hydrogen-bond donors (Lipinski definition) is 1. The Morgan fingerprint density at radius 3 is 2.93 bits per heavy atom. The van der Waals surface area contributed by atoms with Crippen molar-refractivity contribution in [3.63, 3.8) is 0 Å². The van der Waals surface area contributed by atoms with Gasteiger partial charge in [0.05, 0.1) is 0 Å². The highest BCUT2D eigenvalue weighted by molar-refractivity contribution is 6.18. The molecule has 0 radical (unpaired) electrons. The summed E-state index contributed by atoms with van der Waals surface area (Å²) in [5.41, 5.74) is 1.47. The Labute approximate surface area is 94.9 Å². The third-order valence-corrected chi connectivity index (χ3v) is 2.55. The number of aromatic nitrogens is 1. The summed E-state index contributed by atoms with van der Waals surface area (Å²) >= 11 is 5.70. The van der Waals surface area contributed by atoms with Gasteiger partial charge in [0, 0.05) is 29.4 Å². The quantitative estimate of drug-likeness (QED) is 0.800. The molecule has 1 amide bonds. The molecular formula is C11H15ClN2O. The number of aryl methyl sites for hydroxylation is 1. The summed E-state index contributed by atoms with van der Waals surface area (Å²) in [6, 6.07) is 3.49. The second-order valence-electron chi connectivity index (χ2n) is 3.42. The first-order chi connectivity index (χ1) is 7.17. The van der Waals surface area contributed by atoms with Gasteiger partial charge in [0.25, 0.3) is 5.91 Å². The average molecular weight is 227 g/mol. The maximum absolute atomic E-state index is 11.7. The predicted molar refractivity (Wildman–Crippen MR) is 61.2 cm³/mol. The lowest BCUT2D eigenvalue weighted by Gasteiger charge is -2.13. The Balaban J connectivity index is 2.68. The van der Waals surface area contributed by atoms with Crippen molar-refractivity contribution in [2.24, 2.45) is 0 Å². The van der Waals surface area contributed by atoms with E-state index in [1.54, 1.807) is 18.3 Å². The lowest BCUT2D eigenvalue weighted by Crippen LogP contribution is -2.35. The van der Waals surface area contributed by atoms with Crippen molar-refractivity contribution in [1.82, 2.24) is 10.3 Å². The monoisotopic (exact) mass is 226 g/mol. The van der Waals surface area contributed by atoms with Crippen LogP contribution in [0.1, 0.15) is 29.4 Å². The van der Waals surface area contributed by atoms with E-state index in [9.17, 15) is 4.79 Å². The zero-order chi connectivity index (χ0) is 11.3. The van der Waals surface area contributed by atoms with E-state index in [0.29, 0.717) is 11.4 Å². The number of carbonyl (C=O) groups excluding carboxylic acids is 1. The molecule has 3 nitrogen and oxygen atoms in total. The minimum atomic E-state index is -0.0898. The maximum atomic E-state index is 11.7. The summed E-state index contributed by atoms with van der Waals surface area (Å²) in [5.74, 6) is 0.347. The van der Waals surface area contributed by atoms with Crippen molar-refractivity contribution < 1.29 is 4.79 Å². The number of carbonyl (C=O) groups is 1. The van der Waals surface area contributed by atoms with Crippen molar-refractivity contribution in [3.05, 3.63) is 29.6 Å². The Bertz CT molecular complexity index is 337. The van der Waals surface area contributed by atoms with Gasteiger partial charge in [-0.3, -0.25) is 9.78 Å². The zero-order valence-corrected chi connectivity index (χ0v) is 9.71. The Kier molecular flexibility index (Phi) is 4.56. The van der Waals surface area contributed by atoms with Crippen LogP contribution >= 0.6 is 11.6 Å². The summed E-state index contributed by atoms with van der Waals surface area (Å²) in [6.45, 7) is 3.85. The summed E-state index contributed by atoms with van der Waals surface area (Å²) in [6.07, 6.45) is 2.46. The fourth-order valence-corrected chi connectivity index (χ4v) is 1.50. The summed E-state index contributed by atoms with van der Waals surface area (Å²) < 4.78 is 0. The van der Waals surface area contributed by atoms with E-state index in [2.05, 4.69) is 10.3 Å². The van der Waals surface area contributed by atoms with Crippen LogP contribution in [0.4, 0.5) is 0 Å². The molecule has 1 rings (SSSR count). The van der Waals surface area contributed by atoms with E-state index in [-0.39, 0.29) is 11.9 Å². The smallest absolute Gasteiger partial charge is 0.251 e. The van der Waals surface area contributed by atoms with E-state index in [1.165, 1.54) is 0 Å². The van der Waals surface area contributed by atoms with Crippen LogP contribution in [0, 0.1) is 6.92 Å². The largest absolute Gasteiger partial charge is 0.348 e. The van der Waals surface area contributed by atoms with Gasteiger partial charge in [-0.15, -0.1) is 11.6 Å². The van der Waals surface area contributed by atoms with Gasteiger partial charge in [-0.1, -0.05) is 6.92 Å². The molecule has 0 aromatic carbocycles. The number of nitrogens with zero attached hydrogens (tertiary/aromatic N) is 1. The molecule has 0 aliphatic heterocycles. The van der Waals surface area contributed by atoms with Crippen LogP contribution in [-0.2, 0) is 0 Å². The number of halogens is 1. The summed E-state index contributed by atoms with van der Waals surface area (Å²) in [5, 5.41) is 2.86. The lowest BCUT2D eigenvalue weighted by atomic mass is 10.2. The van der Waals surface area contributed by atoms with Crippen LogP contribution in [-0.4, -0.2) is 22.8 Å². The Morgan fingerprint density at radius 1 is 1.67 bits per heavy atom. The van der Waals surface area contributed by atoms with E-state index in [4.69, 9.17) is 11.6 Å².